The highest BCUT2D eigenvalue weighted by atomic mass is 16.6. The van der Waals surface area contributed by atoms with E-state index in [4.69, 9.17) is 24.7 Å². The number of hydrogen-bond acceptors (Lipinski definition) is 6. The maximum atomic E-state index is 12.5. The predicted octanol–water partition coefficient (Wildman–Crippen LogP) is 3.57. The molecule has 31 heavy (non-hydrogen) atoms. The quantitative estimate of drug-likeness (QED) is 0.390. The number of benzene rings is 1. The number of carbonyl (C=O) groups is 1. The van der Waals surface area contributed by atoms with Crippen LogP contribution in [-0.2, 0) is 25.5 Å². The topological polar surface area (TPSA) is 98.6 Å². The van der Waals surface area contributed by atoms with Crippen molar-refractivity contribution in [3.8, 4) is 0 Å². The molecule has 2 unspecified atom stereocenters. The van der Waals surface area contributed by atoms with Crippen molar-refractivity contribution in [3.63, 3.8) is 0 Å². The van der Waals surface area contributed by atoms with Crippen LogP contribution in [-0.4, -0.2) is 49.3 Å². The lowest BCUT2D eigenvalue weighted by molar-refractivity contribution is -0.118. The van der Waals surface area contributed by atoms with E-state index in [0.717, 1.165) is 18.4 Å². The van der Waals surface area contributed by atoms with Crippen molar-refractivity contribution in [1.29, 1.82) is 0 Å². The Balaban J connectivity index is 1.40. The molecule has 3 N–H and O–H groups in total. The van der Waals surface area contributed by atoms with Gasteiger partial charge in [-0.25, -0.2) is 4.79 Å². The standard InChI is InChI=1S/C24H34N2O5/c1-15(2)5-10-19-23(3,31-19)21-20(28-4)18(11-12-24(21)14-29-24)30-22(27)26-13-16-6-8-17(25)9-7-16/h5-9,18-21H,10-14,25H2,1-4H3,(H,26,27)/t18-,19-,20-,21?,23?,24+/m1/s1. The van der Waals surface area contributed by atoms with Crippen LogP contribution in [0.1, 0.15) is 45.6 Å². The molecule has 1 amide bonds. The Morgan fingerprint density at radius 2 is 2.03 bits per heavy atom. The van der Waals surface area contributed by atoms with Crippen LogP contribution in [0.15, 0.2) is 35.9 Å². The van der Waals surface area contributed by atoms with Crippen LogP contribution in [0.4, 0.5) is 10.5 Å². The van der Waals surface area contributed by atoms with Gasteiger partial charge in [-0.05, 0) is 57.7 Å². The molecule has 0 bridgehead atoms. The normalized spacial score (nSPS) is 36.0. The number of epoxide rings is 2. The molecule has 4 rings (SSSR count). The molecule has 7 heteroatoms. The van der Waals surface area contributed by atoms with Gasteiger partial charge in [0.05, 0.1) is 18.6 Å². The smallest absolute Gasteiger partial charge is 0.407 e. The predicted molar refractivity (Wildman–Crippen MR) is 117 cm³/mol. The highest BCUT2D eigenvalue weighted by molar-refractivity contribution is 5.67. The average molecular weight is 431 g/mol. The van der Waals surface area contributed by atoms with Crippen LogP contribution in [0.3, 0.4) is 0 Å². The monoisotopic (exact) mass is 430 g/mol. The first-order valence-corrected chi connectivity index (χ1v) is 11.0. The Morgan fingerprint density at radius 3 is 2.65 bits per heavy atom. The second-order valence-corrected chi connectivity index (χ2v) is 9.42. The second kappa shape index (κ2) is 8.45. The molecule has 6 atom stereocenters. The van der Waals surface area contributed by atoms with E-state index in [0.29, 0.717) is 25.3 Å². The van der Waals surface area contributed by atoms with Gasteiger partial charge in [-0.2, -0.15) is 0 Å². The number of allylic oxidation sites excluding steroid dienone is 1. The summed E-state index contributed by atoms with van der Waals surface area (Å²) in [6.07, 6.45) is 3.68. The number of ether oxygens (including phenoxy) is 4. The van der Waals surface area contributed by atoms with Gasteiger partial charge in [-0.15, -0.1) is 0 Å². The largest absolute Gasteiger partial charge is 0.443 e. The SMILES string of the molecule is CO[C@H]1C(C2(C)O[C@@H]2CC=C(C)C)[C@]2(CC[C@H]1OC(=O)NCc1ccc(N)cc1)CO2. The molecule has 3 fully saturated rings. The number of amides is 1. The third kappa shape index (κ3) is 4.59. The summed E-state index contributed by atoms with van der Waals surface area (Å²) in [4.78, 5) is 12.5. The summed E-state index contributed by atoms with van der Waals surface area (Å²) >= 11 is 0. The zero-order valence-corrected chi connectivity index (χ0v) is 18.9. The van der Waals surface area contributed by atoms with Crippen LogP contribution in [0.25, 0.3) is 0 Å². The first-order chi connectivity index (χ1) is 14.8. The molecule has 0 radical (unpaired) electrons. The Labute approximate surface area is 184 Å². The zero-order chi connectivity index (χ0) is 22.2. The lowest BCUT2D eigenvalue weighted by Crippen LogP contribution is -2.56. The number of carbonyl (C=O) groups excluding carboxylic acids is 1. The van der Waals surface area contributed by atoms with Gasteiger partial charge in [0, 0.05) is 19.3 Å². The summed E-state index contributed by atoms with van der Waals surface area (Å²) in [6.45, 7) is 7.42. The molecule has 1 aromatic carbocycles. The fourth-order valence-electron chi connectivity index (χ4n) is 5.06. The molecule has 7 nitrogen and oxygen atoms in total. The number of nitrogen functional groups attached to an aromatic ring is 1. The van der Waals surface area contributed by atoms with Crippen LogP contribution in [0.5, 0.6) is 0 Å². The van der Waals surface area contributed by atoms with E-state index in [1.165, 1.54) is 5.57 Å². The van der Waals surface area contributed by atoms with Gasteiger partial charge in [0.15, 0.2) is 0 Å². The molecule has 170 valence electrons. The number of methoxy groups -OCH3 is 1. The molecule has 0 aromatic heterocycles. The highest BCUT2D eigenvalue weighted by Gasteiger charge is 2.72. The maximum absolute atomic E-state index is 12.5. The van der Waals surface area contributed by atoms with E-state index in [-0.39, 0.29) is 35.4 Å². The van der Waals surface area contributed by atoms with Crippen molar-refractivity contribution in [2.24, 2.45) is 5.92 Å². The number of nitrogens with two attached hydrogens (primary N) is 1. The fraction of sp³-hybridized carbons (Fsp3) is 0.625. The fourth-order valence-corrected chi connectivity index (χ4v) is 5.06. The number of nitrogens with one attached hydrogen (secondary N) is 1. The number of alkyl carbamates (subject to hydrolysis) is 1. The molecular formula is C24H34N2O5. The van der Waals surface area contributed by atoms with E-state index >= 15 is 0 Å². The third-order valence-electron chi connectivity index (χ3n) is 6.91. The van der Waals surface area contributed by atoms with E-state index in [2.05, 4.69) is 32.2 Å². The molecule has 1 aliphatic carbocycles. The molecule has 1 spiro atoms. The minimum Gasteiger partial charge on any atom is -0.443 e. The highest BCUT2D eigenvalue weighted by Crippen LogP contribution is 2.59. The molecule has 2 saturated heterocycles. The first-order valence-electron chi connectivity index (χ1n) is 11.0. The van der Waals surface area contributed by atoms with Crippen molar-refractivity contribution in [3.05, 3.63) is 41.5 Å². The summed E-state index contributed by atoms with van der Waals surface area (Å²) in [5.74, 6) is 0.0178. The Kier molecular flexibility index (Phi) is 6.03. The Hall–Kier alpha value is -2.09. The zero-order valence-electron chi connectivity index (χ0n) is 18.9. The summed E-state index contributed by atoms with van der Waals surface area (Å²) in [7, 11) is 1.68. The lowest BCUT2D eigenvalue weighted by Gasteiger charge is -2.42. The van der Waals surface area contributed by atoms with Gasteiger partial charge in [-0.1, -0.05) is 23.8 Å². The summed E-state index contributed by atoms with van der Waals surface area (Å²) < 4.78 is 23.9. The number of rotatable bonds is 7. The average Bonchev–Trinajstić information content (AvgIpc) is 3.65. The van der Waals surface area contributed by atoms with Crippen molar-refractivity contribution in [2.45, 2.75) is 76.1 Å². The minimum absolute atomic E-state index is 0.0178. The molecule has 2 aliphatic heterocycles. The first kappa shape index (κ1) is 22.1. The van der Waals surface area contributed by atoms with Gasteiger partial charge >= 0.3 is 6.09 Å². The van der Waals surface area contributed by atoms with E-state index in [1.54, 1.807) is 7.11 Å². The van der Waals surface area contributed by atoms with Crippen molar-refractivity contribution >= 4 is 11.8 Å². The molecule has 1 saturated carbocycles. The molecule has 1 aromatic rings. The van der Waals surface area contributed by atoms with Gasteiger partial charge in [0.1, 0.15) is 23.4 Å². The van der Waals surface area contributed by atoms with Crippen molar-refractivity contribution in [2.75, 3.05) is 19.5 Å². The second-order valence-electron chi connectivity index (χ2n) is 9.42. The van der Waals surface area contributed by atoms with Crippen LogP contribution in [0, 0.1) is 5.92 Å². The van der Waals surface area contributed by atoms with Gasteiger partial charge in [0.25, 0.3) is 0 Å². The van der Waals surface area contributed by atoms with E-state index < -0.39 is 6.09 Å². The third-order valence-corrected chi connectivity index (χ3v) is 6.91. The number of hydrogen-bond donors (Lipinski definition) is 2. The summed E-state index contributed by atoms with van der Waals surface area (Å²) in [5, 5.41) is 2.83. The minimum atomic E-state index is -0.446. The van der Waals surface area contributed by atoms with Gasteiger partial charge < -0.3 is 30.0 Å². The lowest BCUT2D eigenvalue weighted by atomic mass is 9.68. The van der Waals surface area contributed by atoms with Crippen molar-refractivity contribution in [1.82, 2.24) is 5.32 Å². The Morgan fingerprint density at radius 1 is 1.32 bits per heavy atom. The molecule has 3 aliphatic rings. The van der Waals surface area contributed by atoms with Crippen LogP contribution < -0.4 is 11.1 Å². The molecule has 2 heterocycles. The van der Waals surface area contributed by atoms with E-state index in [1.807, 2.05) is 24.3 Å². The van der Waals surface area contributed by atoms with Crippen molar-refractivity contribution < 1.29 is 23.7 Å². The van der Waals surface area contributed by atoms with Crippen LogP contribution in [0.2, 0.25) is 0 Å². The van der Waals surface area contributed by atoms with Crippen LogP contribution >= 0.6 is 0 Å². The van der Waals surface area contributed by atoms with Gasteiger partial charge in [0.2, 0.25) is 0 Å². The molecular weight excluding hydrogens is 396 g/mol. The summed E-state index contributed by atoms with van der Waals surface area (Å²) in [5.41, 5.74) is 8.07. The summed E-state index contributed by atoms with van der Waals surface area (Å²) in [6, 6.07) is 7.39. The maximum Gasteiger partial charge on any atom is 0.407 e. The van der Waals surface area contributed by atoms with Gasteiger partial charge in [-0.3, -0.25) is 0 Å². The van der Waals surface area contributed by atoms with E-state index in [9.17, 15) is 4.79 Å². The Bertz CT molecular complexity index is 831. The number of anilines is 1.